The van der Waals surface area contributed by atoms with Crippen LogP contribution in [0.1, 0.15) is 21.2 Å². The molecule has 0 spiro atoms. The van der Waals surface area contributed by atoms with Gasteiger partial charge in [0.1, 0.15) is 11.5 Å². The van der Waals surface area contributed by atoms with Crippen LogP contribution in [0.2, 0.25) is 5.02 Å². The van der Waals surface area contributed by atoms with Gasteiger partial charge in [-0.3, -0.25) is 4.79 Å². The topological polar surface area (TPSA) is 46.6 Å². The predicted octanol–water partition coefficient (Wildman–Crippen LogP) is 6.10. The van der Waals surface area contributed by atoms with Gasteiger partial charge in [-0.15, -0.1) is 11.3 Å². The Bertz CT molecular complexity index is 985. The highest BCUT2D eigenvalue weighted by molar-refractivity contribution is 7.09. The molecule has 1 amide bonds. The fraction of sp³-hybridized carbons (Fsp3) is 0.0952. The number of hydrogen-bond acceptors (Lipinski definition) is 4. The zero-order valence-electron chi connectivity index (χ0n) is 14.3. The van der Waals surface area contributed by atoms with Crippen molar-refractivity contribution >= 4 is 28.8 Å². The van der Waals surface area contributed by atoms with Gasteiger partial charge in [-0.25, -0.2) is 0 Å². The van der Waals surface area contributed by atoms with E-state index >= 15 is 0 Å². The summed E-state index contributed by atoms with van der Waals surface area (Å²) in [6.07, 6.45) is 1.60. The van der Waals surface area contributed by atoms with Crippen LogP contribution in [0.5, 0.6) is 0 Å². The number of rotatable bonds is 6. The van der Waals surface area contributed by atoms with Gasteiger partial charge in [-0.2, -0.15) is 0 Å². The van der Waals surface area contributed by atoms with Gasteiger partial charge in [0.25, 0.3) is 5.91 Å². The molecule has 0 fully saturated rings. The van der Waals surface area contributed by atoms with Crippen LogP contribution >= 0.6 is 22.9 Å². The normalized spacial score (nSPS) is 10.9. The standard InChI is InChI=1S/C21H16ClNO3S/c22-18-8-2-1-7-17(18)19-9-10-20(26-19)21(24)23(13-15-5-3-11-25-15)14-16-6-4-12-27-16/h1-12H,13-14H2. The van der Waals surface area contributed by atoms with Crippen LogP contribution in [-0.2, 0) is 13.1 Å². The maximum absolute atomic E-state index is 13.1. The smallest absolute Gasteiger partial charge is 0.290 e. The summed E-state index contributed by atoms with van der Waals surface area (Å²) < 4.78 is 11.2. The molecule has 0 bridgehead atoms. The lowest BCUT2D eigenvalue weighted by molar-refractivity contribution is 0.0688. The first kappa shape index (κ1) is 17.6. The Morgan fingerprint density at radius 3 is 2.63 bits per heavy atom. The molecule has 27 heavy (non-hydrogen) atoms. The van der Waals surface area contributed by atoms with E-state index in [2.05, 4.69) is 0 Å². The molecule has 4 nitrogen and oxygen atoms in total. The second-order valence-corrected chi connectivity index (χ2v) is 7.40. The molecule has 3 heterocycles. The van der Waals surface area contributed by atoms with E-state index in [1.54, 1.807) is 40.7 Å². The SMILES string of the molecule is O=C(c1ccc(-c2ccccc2Cl)o1)N(Cc1ccco1)Cc1cccs1. The quantitative estimate of drug-likeness (QED) is 0.395. The van der Waals surface area contributed by atoms with E-state index in [0.717, 1.165) is 16.2 Å². The minimum Gasteiger partial charge on any atom is -0.467 e. The Morgan fingerprint density at radius 2 is 1.89 bits per heavy atom. The molecule has 0 aliphatic heterocycles. The molecule has 0 aliphatic rings. The van der Waals surface area contributed by atoms with E-state index < -0.39 is 0 Å². The van der Waals surface area contributed by atoms with Crippen molar-refractivity contribution < 1.29 is 13.6 Å². The molecular formula is C21H16ClNO3S. The van der Waals surface area contributed by atoms with Crippen LogP contribution in [0.3, 0.4) is 0 Å². The second-order valence-electron chi connectivity index (χ2n) is 5.96. The molecule has 4 aromatic rings. The van der Waals surface area contributed by atoms with Gasteiger partial charge in [0.2, 0.25) is 0 Å². The van der Waals surface area contributed by atoms with Crippen LogP contribution in [0.4, 0.5) is 0 Å². The summed E-state index contributed by atoms with van der Waals surface area (Å²) in [6, 6.07) is 18.5. The van der Waals surface area contributed by atoms with Gasteiger partial charge in [-0.05, 0) is 47.8 Å². The van der Waals surface area contributed by atoms with Gasteiger partial charge < -0.3 is 13.7 Å². The van der Waals surface area contributed by atoms with E-state index in [1.165, 1.54) is 0 Å². The molecule has 6 heteroatoms. The van der Waals surface area contributed by atoms with Crippen molar-refractivity contribution in [1.82, 2.24) is 4.90 Å². The summed E-state index contributed by atoms with van der Waals surface area (Å²) in [5.74, 6) is 1.36. The van der Waals surface area contributed by atoms with Crippen LogP contribution in [0.25, 0.3) is 11.3 Å². The number of carbonyl (C=O) groups is 1. The van der Waals surface area contributed by atoms with Crippen molar-refractivity contribution in [2.75, 3.05) is 0 Å². The molecule has 0 unspecified atom stereocenters. The molecule has 0 aliphatic carbocycles. The third-order valence-electron chi connectivity index (χ3n) is 4.10. The molecule has 1 aromatic carbocycles. The van der Waals surface area contributed by atoms with E-state index in [9.17, 15) is 4.79 Å². The number of carbonyl (C=O) groups excluding carboxylic acids is 1. The summed E-state index contributed by atoms with van der Waals surface area (Å²) in [6.45, 7) is 0.852. The van der Waals surface area contributed by atoms with Crippen molar-refractivity contribution in [1.29, 1.82) is 0 Å². The van der Waals surface area contributed by atoms with Crippen molar-refractivity contribution in [3.63, 3.8) is 0 Å². The number of nitrogens with zero attached hydrogens (tertiary/aromatic N) is 1. The summed E-state index contributed by atoms with van der Waals surface area (Å²) >= 11 is 7.84. The molecule has 0 radical (unpaired) electrons. The summed E-state index contributed by atoms with van der Waals surface area (Å²) in [5, 5.41) is 2.57. The minimum absolute atomic E-state index is 0.196. The molecule has 0 saturated carbocycles. The van der Waals surface area contributed by atoms with Crippen LogP contribution in [-0.4, -0.2) is 10.8 Å². The second kappa shape index (κ2) is 7.86. The lowest BCUT2D eigenvalue weighted by Gasteiger charge is -2.19. The van der Waals surface area contributed by atoms with Gasteiger partial charge >= 0.3 is 0 Å². The Balaban J connectivity index is 1.60. The number of amides is 1. The van der Waals surface area contributed by atoms with Gasteiger partial charge in [0, 0.05) is 10.4 Å². The monoisotopic (exact) mass is 397 g/mol. The molecule has 136 valence electrons. The highest BCUT2D eigenvalue weighted by Crippen LogP contribution is 2.29. The number of furan rings is 2. The fourth-order valence-corrected chi connectivity index (χ4v) is 3.74. The van der Waals surface area contributed by atoms with Gasteiger partial charge in [0.15, 0.2) is 5.76 Å². The first-order valence-corrected chi connectivity index (χ1v) is 9.65. The van der Waals surface area contributed by atoms with E-state index in [4.69, 9.17) is 20.4 Å². The molecule has 0 saturated heterocycles. The fourth-order valence-electron chi connectivity index (χ4n) is 2.80. The molecule has 3 aromatic heterocycles. The summed E-state index contributed by atoms with van der Waals surface area (Å²) in [7, 11) is 0. The number of thiophene rings is 1. The van der Waals surface area contributed by atoms with Crippen molar-refractivity contribution in [3.8, 4) is 11.3 Å². The first-order chi connectivity index (χ1) is 13.2. The zero-order chi connectivity index (χ0) is 18.6. The highest BCUT2D eigenvalue weighted by Gasteiger charge is 2.22. The third-order valence-corrected chi connectivity index (χ3v) is 5.29. The van der Waals surface area contributed by atoms with Crippen molar-refractivity contribution in [3.05, 3.63) is 93.7 Å². The lowest BCUT2D eigenvalue weighted by Crippen LogP contribution is -2.29. The predicted molar refractivity (Wildman–Crippen MR) is 106 cm³/mol. The lowest BCUT2D eigenvalue weighted by atomic mass is 10.2. The maximum Gasteiger partial charge on any atom is 0.290 e. The third kappa shape index (κ3) is 3.99. The van der Waals surface area contributed by atoms with Gasteiger partial charge in [-0.1, -0.05) is 29.8 Å². The summed E-state index contributed by atoms with van der Waals surface area (Å²) in [5.41, 5.74) is 0.758. The highest BCUT2D eigenvalue weighted by atomic mass is 35.5. The Labute approximate surface area is 165 Å². The van der Waals surface area contributed by atoms with Gasteiger partial charge in [0.05, 0.1) is 24.4 Å². The number of benzene rings is 1. The van der Waals surface area contributed by atoms with Crippen LogP contribution < -0.4 is 0 Å². The Morgan fingerprint density at radius 1 is 1.00 bits per heavy atom. The molecular weight excluding hydrogens is 382 g/mol. The molecule has 0 atom stereocenters. The summed E-state index contributed by atoms with van der Waals surface area (Å²) in [4.78, 5) is 15.9. The number of halogens is 1. The average Bonchev–Trinajstić information content (AvgIpc) is 3.44. The zero-order valence-corrected chi connectivity index (χ0v) is 15.9. The largest absolute Gasteiger partial charge is 0.467 e. The van der Waals surface area contributed by atoms with Crippen molar-refractivity contribution in [2.24, 2.45) is 0 Å². The Hall–Kier alpha value is -2.76. The van der Waals surface area contributed by atoms with E-state index in [1.807, 2.05) is 47.8 Å². The minimum atomic E-state index is -0.196. The van der Waals surface area contributed by atoms with Crippen molar-refractivity contribution in [2.45, 2.75) is 13.1 Å². The van der Waals surface area contributed by atoms with E-state index in [0.29, 0.717) is 23.9 Å². The van der Waals surface area contributed by atoms with E-state index in [-0.39, 0.29) is 11.7 Å². The Kier molecular flexibility index (Phi) is 5.14. The van der Waals surface area contributed by atoms with Crippen LogP contribution in [0, 0.1) is 0 Å². The molecule has 4 rings (SSSR count). The number of hydrogen-bond donors (Lipinski definition) is 0. The maximum atomic E-state index is 13.1. The average molecular weight is 398 g/mol. The molecule has 0 N–H and O–H groups in total. The first-order valence-electron chi connectivity index (χ1n) is 8.39. The van der Waals surface area contributed by atoms with Crippen LogP contribution in [0.15, 0.2) is 81.1 Å².